The summed E-state index contributed by atoms with van der Waals surface area (Å²) >= 11 is 0. The maximum atomic E-state index is 11.1. The van der Waals surface area contributed by atoms with Gasteiger partial charge in [-0.15, -0.1) is 0 Å². The number of benzene rings is 2. The molecule has 3 aromatic rings. The molecule has 0 fully saturated rings. The molecular formula is C17H16N2O4. The molecule has 6 heteroatoms. The molecule has 0 aliphatic heterocycles. The zero-order valence-electron chi connectivity index (χ0n) is 13.0. The van der Waals surface area contributed by atoms with Gasteiger partial charge in [-0.25, -0.2) is 4.98 Å². The first-order valence-electron chi connectivity index (χ1n) is 7.01. The van der Waals surface area contributed by atoms with Crippen LogP contribution < -0.4 is 14.8 Å². The topological polar surface area (TPSA) is 73.6 Å². The summed E-state index contributed by atoms with van der Waals surface area (Å²) in [5.41, 5.74) is 2.77. The molecule has 0 atom stereocenters. The predicted molar refractivity (Wildman–Crippen MR) is 86.9 cm³/mol. The molecule has 118 valence electrons. The number of amides is 1. The molecule has 1 N–H and O–H groups in total. The summed E-state index contributed by atoms with van der Waals surface area (Å²) in [6, 6.07) is 10.8. The van der Waals surface area contributed by atoms with E-state index in [9.17, 15) is 4.79 Å². The van der Waals surface area contributed by atoms with Crippen LogP contribution >= 0.6 is 0 Å². The SMILES string of the molecule is COc1ccc(-c2nc3cc(NC(C)=O)ccc3o2)cc1OC. The normalized spacial score (nSPS) is 10.6. The minimum Gasteiger partial charge on any atom is -0.493 e. The maximum Gasteiger partial charge on any atom is 0.227 e. The predicted octanol–water partition coefficient (Wildman–Crippen LogP) is 3.47. The average molecular weight is 312 g/mol. The number of ether oxygens (including phenoxy) is 2. The Morgan fingerprint density at radius 3 is 2.57 bits per heavy atom. The van der Waals surface area contributed by atoms with E-state index < -0.39 is 0 Å². The fourth-order valence-corrected chi connectivity index (χ4v) is 2.30. The average Bonchev–Trinajstić information content (AvgIpc) is 2.96. The fraction of sp³-hybridized carbons (Fsp3) is 0.176. The maximum absolute atomic E-state index is 11.1. The lowest BCUT2D eigenvalue weighted by Gasteiger charge is -2.07. The lowest BCUT2D eigenvalue weighted by Crippen LogP contribution is -2.05. The van der Waals surface area contributed by atoms with E-state index in [2.05, 4.69) is 10.3 Å². The van der Waals surface area contributed by atoms with Crippen LogP contribution in [0.4, 0.5) is 5.69 Å². The highest BCUT2D eigenvalue weighted by atomic mass is 16.5. The number of nitrogens with one attached hydrogen (secondary N) is 1. The number of methoxy groups -OCH3 is 2. The zero-order valence-corrected chi connectivity index (χ0v) is 13.0. The van der Waals surface area contributed by atoms with Gasteiger partial charge in [0.05, 0.1) is 14.2 Å². The van der Waals surface area contributed by atoms with Gasteiger partial charge in [0.1, 0.15) is 5.52 Å². The molecule has 0 aliphatic carbocycles. The van der Waals surface area contributed by atoms with Crippen LogP contribution in [0.25, 0.3) is 22.6 Å². The molecule has 0 unspecified atom stereocenters. The number of carbonyl (C=O) groups is 1. The number of rotatable bonds is 4. The Morgan fingerprint density at radius 2 is 1.87 bits per heavy atom. The van der Waals surface area contributed by atoms with Gasteiger partial charge in [0.2, 0.25) is 11.8 Å². The monoisotopic (exact) mass is 312 g/mol. The number of hydrogen-bond donors (Lipinski definition) is 1. The molecule has 6 nitrogen and oxygen atoms in total. The van der Waals surface area contributed by atoms with E-state index in [1.54, 1.807) is 44.6 Å². The van der Waals surface area contributed by atoms with Crippen molar-refractivity contribution in [3.63, 3.8) is 0 Å². The van der Waals surface area contributed by atoms with Gasteiger partial charge >= 0.3 is 0 Å². The molecule has 0 saturated carbocycles. The summed E-state index contributed by atoms with van der Waals surface area (Å²) in [7, 11) is 3.16. The van der Waals surface area contributed by atoms with Crippen molar-refractivity contribution in [1.29, 1.82) is 0 Å². The molecule has 1 heterocycles. The van der Waals surface area contributed by atoms with Gasteiger partial charge in [-0.1, -0.05) is 0 Å². The van der Waals surface area contributed by atoms with Gasteiger partial charge < -0.3 is 19.2 Å². The Balaban J connectivity index is 2.01. The first-order chi connectivity index (χ1) is 11.1. The molecule has 1 aromatic heterocycles. The largest absolute Gasteiger partial charge is 0.493 e. The molecule has 3 rings (SSSR count). The van der Waals surface area contributed by atoms with E-state index in [1.165, 1.54) is 6.92 Å². The van der Waals surface area contributed by atoms with Crippen molar-refractivity contribution in [2.45, 2.75) is 6.92 Å². The summed E-state index contributed by atoms with van der Waals surface area (Å²) in [4.78, 5) is 15.6. The molecule has 0 bridgehead atoms. The smallest absolute Gasteiger partial charge is 0.227 e. The van der Waals surface area contributed by atoms with Crippen LogP contribution in [0.3, 0.4) is 0 Å². The van der Waals surface area contributed by atoms with E-state index in [0.29, 0.717) is 34.2 Å². The number of fused-ring (bicyclic) bond motifs is 1. The van der Waals surface area contributed by atoms with Gasteiger partial charge in [0, 0.05) is 18.2 Å². The molecule has 1 amide bonds. The van der Waals surface area contributed by atoms with Crippen molar-refractivity contribution in [2.24, 2.45) is 0 Å². The molecule has 23 heavy (non-hydrogen) atoms. The molecule has 2 aromatic carbocycles. The number of oxazole rings is 1. The number of aromatic nitrogens is 1. The van der Waals surface area contributed by atoms with Crippen molar-refractivity contribution in [2.75, 3.05) is 19.5 Å². The van der Waals surface area contributed by atoms with Crippen LogP contribution in [0.1, 0.15) is 6.92 Å². The second-order valence-electron chi connectivity index (χ2n) is 4.95. The van der Waals surface area contributed by atoms with Crippen molar-refractivity contribution >= 4 is 22.7 Å². The van der Waals surface area contributed by atoms with E-state index in [4.69, 9.17) is 13.9 Å². The van der Waals surface area contributed by atoms with Crippen molar-refractivity contribution in [3.05, 3.63) is 36.4 Å². The standard InChI is InChI=1S/C17H16N2O4/c1-10(20)18-12-5-7-14-13(9-12)19-17(23-14)11-4-6-15(21-2)16(8-11)22-3/h4-9H,1-3H3,(H,18,20). The Hall–Kier alpha value is -3.02. The van der Waals surface area contributed by atoms with Gasteiger partial charge in [-0.05, 0) is 36.4 Å². The second-order valence-corrected chi connectivity index (χ2v) is 4.95. The van der Waals surface area contributed by atoms with Crippen LogP contribution in [0.5, 0.6) is 11.5 Å². The van der Waals surface area contributed by atoms with Crippen LogP contribution in [-0.4, -0.2) is 25.1 Å². The summed E-state index contributed by atoms with van der Waals surface area (Å²) in [6.45, 7) is 1.46. The summed E-state index contributed by atoms with van der Waals surface area (Å²) in [6.07, 6.45) is 0. The quantitative estimate of drug-likeness (QED) is 0.798. The summed E-state index contributed by atoms with van der Waals surface area (Å²) in [5.74, 6) is 1.58. The van der Waals surface area contributed by atoms with E-state index in [0.717, 1.165) is 5.56 Å². The Labute approximate surface area is 133 Å². The van der Waals surface area contributed by atoms with Gasteiger partial charge in [0.15, 0.2) is 17.1 Å². The third-order valence-corrected chi connectivity index (χ3v) is 3.34. The Bertz CT molecular complexity index is 870. The van der Waals surface area contributed by atoms with Crippen molar-refractivity contribution < 1.29 is 18.7 Å². The minimum absolute atomic E-state index is 0.132. The van der Waals surface area contributed by atoms with Crippen LogP contribution in [-0.2, 0) is 4.79 Å². The minimum atomic E-state index is -0.132. The molecule has 0 saturated heterocycles. The number of hydrogen-bond acceptors (Lipinski definition) is 5. The lowest BCUT2D eigenvalue weighted by atomic mass is 10.2. The van der Waals surface area contributed by atoms with Crippen molar-refractivity contribution in [3.8, 4) is 23.0 Å². The van der Waals surface area contributed by atoms with E-state index in [-0.39, 0.29) is 5.91 Å². The first kappa shape index (κ1) is 14.9. The second kappa shape index (κ2) is 6.00. The van der Waals surface area contributed by atoms with E-state index >= 15 is 0 Å². The van der Waals surface area contributed by atoms with Crippen LogP contribution in [0, 0.1) is 0 Å². The zero-order chi connectivity index (χ0) is 16.4. The molecular weight excluding hydrogens is 296 g/mol. The Morgan fingerprint density at radius 1 is 1.09 bits per heavy atom. The van der Waals surface area contributed by atoms with Gasteiger partial charge in [-0.2, -0.15) is 0 Å². The molecule has 0 radical (unpaired) electrons. The highest BCUT2D eigenvalue weighted by Gasteiger charge is 2.12. The fourth-order valence-electron chi connectivity index (χ4n) is 2.30. The summed E-state index contributed by atoms with van der Waals surface area (Å²) in [5, 5.41) is 2.72. The highest BCUT2D eigenvalue weighted by Crippen LogP contribution is 2.33. The molecule has 0 spiro atoms. The third kappa shape index (κ3) is 2.96. The summed E-state index contributed by atoms with van der Waals surface area (Å²) < 4.78 is 16.3. The highest BCUT2D eigenvalue weighted by molar-refractivity contribution is 5.91. The number of nitrogens with zero attached hydrogens (tertiary/aromatic N) is 1. The third-order valence-electron chi connectivity index (χ3n) is 3.34. The van der Waals surface area contributed by atoms with Gasteiger partial charge in [0.25, 0.3) is 0 Å². The number of anilines is 1. The first-order valence-corrected chi connectivity index (χ1v) is 7.01. The van der Waals surface area contributed by atoms with E-state index in [1.807, 2.05) is 6.07 Å². The number of carbonyl (C=O) groups excluding carboxylic acids is 1. The lowest BCUT2D eigenvalue weighted by molar-refractivity contribution is -0.114. The molecule has 0 aliphatic rings. The van der Waals surface area contributed by atoms with Crippen LogP contribution in [0.2, 0.25) is 0 Å². The van der Waals surface area contributed by atoms with Gasteiger partial charge in [-0.3, -0.25) is 4.79 Å². The van der Waals surface area contributed by atoms with Crippen molar-refractivity contribution in [1.82, 2.24) is 4.98 Å². The van der Waals surface area contributed by atoms with Crippen LogP contribution in [0.15, 0.2) is 40.8 Å². The Kier molecular flexibility index (Phi) is 3.89.